The highest BCUT2D eigenvalue weighted by Gasteiger charge is 2.13. The second-order valence-electron chi connectivity index (χ2n) is 2.92. The molecule has 82 valence electrons. The molecule has 0 aliphatic rings. The van der Waals surface area contributed by atoms with Gasteiger partial charge in [-0.1, -0.05) is 17.7 Å². The molecule has 15 heavy (non-hydrogen) atoms. The first-order valence-corrected chi connectivity index (χ1v) is 4.54. The van der Waals surface area contributed by atoms with Crippen molar-refractivity contribution in [2.45, 2.75) is 6.04 Å². The number of benzene rings is 1. The lowest BCUT2D eigenvalue weighted by Crippen LogP contribution is -2.34. The zero-order valence-electron chi connectivity index (χ0n) is 7.71. The predicted octanol–water partition coefficient (Wildman–Crippen LogP) is 1.18. The molecule has 0 saturated carbocycles. The van der Waals surface area contributed by atoms with Crippen LogP contribution >= 0.6 is 11.6 Å². The second kappa shape index (κ2) is 4.95. The summed E-state index contributed by atoms with van der Waals surface area (Å²) in [5.74, 6) is -0.559. The number of hydrogen-bond donors (Lipinski definition) is 3. The first-order valence-electron chi connectivity index (χ1n) is 4.16. The molecule has 0 saturated heterocycles. The monoisotopic (exact) mass is 232 g/mol. The standard InChI is InChI=1S/C9H10ClFN2O2/c10-6-3-5(1-2-7(6)11)8(4-14)13-9(12)15/h1-3,8,14H,4H2,(H3,12,13,15). The minimum absolute atomic E-state index is 0.0720. The first-order chi connectivity index (χ1) is 7.04. The Morgan fingerprint density at radius 2 is 2.33 bits per heavy atom. The van der Waals surface area contributed by atoms with Crippen LogP contribution in [0, 0.1) is 5.82 Å². The number of rotatable bonds is 3. The number of primary amides is 1. The highest BCUT2D eigenvalue weighted by Crippen LogP contribution is 2.20. The maximum absolute atomic E-state index is 12.8. The normalized spacial score (nSPS) is 12.2. The van der Waals surface area contributed by atoms with E-state index in [-0.39, 0.29) is 11.6 Å². The molecule has 0 radical (unpaired) electrons. The van der Waals surface area contributed by atoms with Crippen LogP contribution in [0.4, 0.5) is 9.18 Å². The summed E-state index contributed by atoms with van der Waals surface area (Å²) in [6, 6.07) is 2.45. The third kappa shape index (κ3) is 3.07. The lowest BCUT2D eigenvalue weighted by atomic mass is 10.1. The number of carbonyl (C=O) groups excluding carboxylic acids is 1. The molecule has 0 fully saturated rings. The van der Waals surface area contributed by atoms with Gasteiger partial charge in [-0.2, -0.15) is 0 Å². The zero-order valence-corrected chi connectivity index (χ0v) is 8.46. The van der Waals surface area contributed by atoms with Gasteiger partial charge in [0, 0.05) is 0 Å². The van der Waals surface area contributed by atoms with Crippen LogP contribution in [0.3, 0.4) is 0 Å². The van der Waals surface area contributed by atoms with E-state index in [0.29, 0.717) is 5.56 Å². The van der Waals surface area contributed by atoms with Gasteiger partial charge in [0.05, 0.1) is 17.7 Å². The molecule has 0 bridgehead atoms. The Morgan fingerprint density at radius 1 is 1.67 bits per heavy atom. The smallest absolute Gasteiger partial charge is 0.312 e. The van der Waals surface area contributed by atoms with Crippen molar-refractivity contribution >= 4 is 17.6 Å². The fourth-order valence-electron chi connectivity index (χ4n) is 1.14. The van der Waals surface area contributed by atoms with Crippen LogP contribution < -0.4 is 11.1 Å². The van der Waals surface area contributed by atoms with Crippen LogP contribution in [0.5, 0.6) is 0 Å². The second-order valence-corrected chi connectivity index (χ2v) is 3.32. The average molecular weight is 233 g/mol. The molecule has 1 unspecified atom stereocenters. The van der Waals surface area contributed by atoms with Gasteiger partial charge in [0.1, 0.15) is 5.82 Å². The number of halogens is 2. The molecule has 1 aromatic rings. The van der Waals surface area contributed by atoms with E-state index in [1.807, 2.05) is 0 Å². The molecule has 4 nitrogen and oxygen atoms in total. The van der Waals surface area contributed by atoms with E-state index in [4.69, 9.17) is 22.4 Å². The lowest BCUT2D eigenvalue weighted by Gasteiger charge is -2.15. The van der Waals surface area contributed by atoms with Gasteiger partial charge in [-0.3, -0.25) is 0 Å². The Balaban J connectivity index is 2.92. The molecule has 0 aliphatic heterocycles. The molecule has 0 spiro atoms. The first kappa shape index (κ1) is 11.7. The lowest BCUT2D eigenvalue weighted by molar-refractivity contribution is 0.223. The Kier molecular flexibility index (Phi) is 3.88. The summed E-state index contributed by atoms with van der Waals surface area (Å²) in [6.45, 7) is -0.342. The van der Waals surface area contributed by atoms with E-state index in [1.54, 1.807) is 0 Å². The number of nitrogens with one attached hydrogen (secondary N) is 1. The van der Waals surface area contributed by atoms with Crippen LogP contribution in [0.25, 0.3) is 0 Å². The third-order valence-corrected chi connectivity index (χ3v) is 2.13. The number of hydrogen-bond acceptors (Lipinski definition) is 2. The summed E-state index contributed by atoms with van der Waals surface area (Å²) in [5.41, 5.74) is 5.39. The summed E-state index contributed by atoms with van der Waals surface area (Å²) in [5, 5.41) is 11.2. The van der Waals surface area contributed by atoms with Gasteiger partial charge in [0.2, 0.25) is 0 Å². The van der Waals surface area contributed by atoms with Gasteiger partial charge >= 0.3 is 6.03 Å². The molecule has 2 amide bonds. The molecule has 1 atom stereocenters. The van der Waals surface area contributed by atoms with Crippen LogP contribution in [-0.4, -0.2) is 17.7 Å². The SMILES string of the molecule is NC(=O)NC(CO)c1ccc(F)c(Cl)c1. The van der Waals surface area contributed by atoms with Crippen LogP contribution in [0.15, 0.2) is 18.2 Å². The topological polar surface area (TPSA) is 75.4 Å². The number of carbonyl (C=O) groups is 1. The van der Waals surface area contributed by atoms with Gasteiger partial charge in [0.15, 0.2) is 0 Å². The van der Waals surface area contributed by atoms with Crippen molar-refractivity contribution in [3.05, 3.63) is 34.6 Å². The molecule has 0 aliphatic carbocycles. The number of nitrogens with two attached hydrogens (primary N) is 1. The summed E-state index contributed by atoms with van der Waals surface area (Å²) >= 11 is 5.55. The molecule has 1 aromatic carbocycles. The Morgan fingerprint density at radius 3 is 2.80 bits per heavy atom. The fourth-order valence-corrected chi connectivity index (χ4v) is 1.32. The summed E-state index contributed by atoms with van der Waals surface area (Å²) in [4.78, 5) is 10.6. The number of aliphatic hydroxyl groups is 1. The van der Waals surface area contributed by atoms with Gasteiger partial charge < -0.3 is 16.2 Å². The molecule has 0 aromatic heterocycles. The largest absolute Gasteiger partial charge is 0.394 e. The predicted molar refractivity (Wildman–Crippen MR) is 54.0 cm³/mol. The highest BCUT2D eigenvalue weighted by atomic mass is 35.5. The van der Waals surface area contributed by atoms with Gasteiger partial charge in [-0.05, 0) is 17.7 Å². The Hall–Kier alpha value is -1.33. The van der Waals surface area contributed by atoms with E-state index in [9.17, 15) is 9.18 Å². The van der Waals surface area contributed by atoms with Crippen molar-refractivity contribution in [1.82, 2.24) is 5.32 Å². The van der Waals surface area contributed by atoms with Crippen LogP contribution in [0.1, 0.15) is 11.6 Å². The Labute approximate surface area is 90.8 Å². The molecule has 0 heterocycles. The van der Waals surface area contributed by atoms with Crippen LogP contribution in [-0.2, 0) is 0 Å². The number of amides is 2. The van der Waals surface area contributed by atoms with E-state index < -0.39 is 17.9 Å². The highest BCUT2D eigenvalue weighted by molar-refractivity contribution is 6.30. The minimum Gasteiger partial charge on any atom is -0.394 e. The van der Waals surface area contributed by atoms with Crippen molar-refractivity contribution in [3.8, 4) is 0 Å². The Bertz CT molecular complexity index is 373. The summed E-state index contributed by atoms with van der Waals surface area (Å²) < 4.78 is 12.8. The minimum atomic E-state index is -0.769. The summed E-state index contributed by atoms with van der Waals surface area (Å²) in [7, 11) is 0. The van der Waals surface area contributed by atoms with E-state index >= 15 is 0 Å². The molecule has 1 rings (SSSR count). The zero-order chi connectivity index (χ0) is 11.4. The van der Waals surface area contributed by atoms with Crippen molar-refractivity contribution < 1.29 is 14.3 Å². The molecule has 6 heteroatoms. The van der Waals surface area contributed by atoms with E-state index in [2.05, 4.69) is 5.32 Å². The molecular formula is C9H10ClFN2O2. The van der Waals surface area contributed by atoms with E-state index in [1.165, 1.54) is 12.1 Å². The quantitative estimate of drug-likeness (QED) is 0.732. The van der Waals surface area contributed by atoms with Crippen molar-refractivity contribution in [2.24, 2.45) is 5.73 Å². The van der Waals surface area contributed by atoms with Crippen molar-refractivity contribution in [1.29, 1.82) is 0 Å². The van der Waals surface area contributed by atoms with Crippen molar-refractivity contribution in [2.75, 3.05) is 6.61 Å². The van der Waals surface area contributed by atoms with Gasteiger partial charge in [-0.15, -0.1) is 0 Å². The van der Waals surface area contributed by atoms with E-state index in [0.717, 1.165) is 6.07 Å². The average Bonchev–Trinajstić information content (AvgIpc) is 2.18. The van der Waals surface area contributed by atoms with Gasteiger partial charge in [-0.25, -0.2) is 9.18 Å². The number of aliphatic hydroxyl groups excluding tert-OH is 1. The third-order valence-electron chi connectivity index (χ3n) is 1.85. The number of urea groups is 1. The van der Waals surface area contributed by atoms with Crippen LogP contribution in [0.2, 0.25) is 5.02 Å². The molecular weight excluding hydrogens is 223 g/mol. The fraction of sp³-hybridized carbons (Fsp3) is 0.222. The molecule has 4 N–H and O–H groups in total. The maximum Gasteiger partial charge on any atom is 0.312 e. The van der Waals surface area contributed by atoms with Gasteiger partial charge in [0.25, 0.3) is 0 Å². The van der Waals surface area contributed by atoms with Crippen molar-refractivity contribution in [3.63, 3.8) is 0 Å². The summed E-state index contributed by atoms with van der Waals surface area (Å²) in [6.07, 6.45) is 0. The maximum atomic E-state index is 12.8.